The van der Waals surface area contributed by atoms with Crippen molar-refractivity contribution in [2.45, 2.75) is 44.3 Å². The molecule has 0 spiro atoms. The maximum atomic E-state index is 12.7. The maximum Gasteiger partial charge on any atom is 0.406 e. The lowest BCUT2D eigenvalue weighted by Crippen LogP contribution is -2.52. The Kier molecular flexibility index (Phi) is 2.94. The lowest BCUT2D eigenvalue weighted by molar-refractivity contribution is -0.180. The van der Waals surface area contributed by atoms with Gasteiger partial charge in [-0.3, -0.25) is 0 Å². The van der Waals surface area contributed by atoms with Gasteiger partial charge in [-0.1, -0.05) is 18.2 Å². The van der Waals surface area contributed by atoms with Crippen LogP contribution in [0.15, 0.2) is 18.2 Å². The van der Waals surface area contributed by atoms with Crippen LogP contribution in [0.4, 0.5) is 13.2 Å². The van der Waals surface area contributed by atoms with E-state index in [2.05, 4.69) is 0 Å². The first kappa shape index (κ1) is 12.4. The van der Waals surface area contributed by atoms with E-state index in [-0.39, 0.29) is 6.42 Å². The number of halogens is 3. The van der Waals surface area contributed by atoms with Crippen LogP contribution in [0.3, 0.4) is 0 Å². The van der Waals surface area contributed by atoms with Gasteiger partial charge in [-0.15, -0.1) is 0 Å². The highest BCUT2D eigenvalue weighted by atomic mass is 19.4. The molecule has 1 unspecified atom stereocenters. The van der Waals surface area contributed by atoms with Crippen molar-refractivity contribution in [1.29, 1.82) is 0 Å². The summed E-state index contributed by atoms with van der Waals surface area (Å²) in [5.74, 6) is 0. The average Bonchev–Trinajstić information content (AvgIpc) is 2.62. The molecule has 1 aliphatic carbocycles. The normalized spacial score (nSPS) is 18.9. The van der Waals surface area contributed by atoms with Gasteiger partial charge in [0.2, 0.25) is 0 Å². The Balaban J connectivity index is 2.20. The first-order valence-corrected chi connectivity index (χ1v) is 5.76. The van der Waals surface area contributed by atoms with Crippen molar-refractivity contribution in [3.63, 3.8) is 0 Å². The fraction of sp³-hybridized carbons (Fsp3) is 0.538. The fourth-order valence-electron chi connectivity index (χ4n) is 2.26. The largest absolute Gasteiger partial charge is 0.406 e. The summed E-state index contributed by atoms with van der Waals surface area (Å²) in [6, 6.07) is 5.57. The first-order chi connectivity index (χ1) is 7.79. The van der Waals surface area contributed by atoms with Crippen LogP contribution in [0, 0.1) is 0 Å². The molecule has 1 aromatic carbocycles. The Morgan fingerprint density at radius 2 is 1.82 bits per heavy atom. The molecule has 2 N–H and O–H groups in total. The van der Waals surface area contributed by atoms with Crippen molar-refractivity contribution in [3.05, 3.63) is 34.9 Å². The molecule has 1 atom stereocenters. The summed E-state index contributed by atoms with van der Waals surface area (Å²) in [5.41, 5.74) is 6.31. The smallest absolute Gasteiger partial charge is 0.318 e. The van der Waals surface area contributed by atoms with Gasteiger partial charge in [-0.2, -0.15) is 13.2 Å². The highest BCUT2D eigenvalue weighted by Crippen LogP contribution is 2.32. The van der Waals surface area contributed by atoms with Crippen LogP contribution in [-0.4, -0.2) is 11.7 Å². The molecule has 94 valence electrons. The molecule has 2 rings (SSSR count). The van der Waals surface area contributed by atoms with Gasteiger partial charge in [0.15, 0.2) is 0 Å². The van der Waals surface area contributed by atoms with Crippen molar-refractivity contribution in [3.8, 4) is 0 Å². The van der Waals surface area contributed by atoms with Gasteiger partial charge in [0, 0.05) is 0 Å². The lowest BCUT2D eigenvalue weighted by atomic mass is 9.92. The monoisotopic (exact) mass is 243 g/mol. The first-order valence-electron chi connectivity index (χ1n) is 5.76. The van der Waals surface area contributed by atoms with Crippen LogP contribution >= 0.6 is 0 Å². The molecule has 0 fully saturated rings. The Morgan fingerprint density at radius 1 is 1.18 bits per heavy atom. The lowest BCUT2D eigenvalue weighted by Gasteiger charge is -2.27. The summed E-state index contributed by atoms with van der Waals surface area (Å²) in [4.78, 5) is 0. The van der Waals surface area contributed by atoms with Gasteiger partial charge in [0.05, 0.1) is 0 Å². The summed E-state index contributed by atoms with van der Waals surface area (Å²) in [7, 11) is 0. The van der Waals surface area contributed by atoms with Crippen LogP contribution in [-0.2, 0) is 19.3 Å². The second-order valence-electron chi connectivity index (χ2n) is 5.05. The van der Waals surface area contributed by atoms with Gasteiger partial charge in [-0.05, 0) is 49.3 Å². The van der Waals surface area contributed by atoms with Crippen molar-refractivity contribution in [1.82, 2.24) is 0 Å². The Hall–Kier alpha value is -1.03. The average molecular weight is 243 g/mol. The van der Waals surface area contributed by atoms with E-state index in [0.29, 0.717) is 5.56 Å². The third-order valence-electron chi connectivity index (χ3n) is 3.38. The summed E-state index contributed by atoms with van der Waals surface area (Å²) >= 11 is 0. The Labute approximate surface area is 98.8 Å². The highest BCUT2D eigenvalue weighted by Gasteiger charge is 2.47. The van der Waals surface area contributed by atoms with Crippen LogP contribution in [0.1, 0.15) is 30.0 Å². The SMILES string of the molecule is CC(N)(Cc1ccc2c(c1)CCC2)C(F)(F)F. The van der Waals surface area contributed by atoms with Gasteiger partial charge >= 0.3 is 6.18 Å². The maximum absolute atomic E-state index is 12.7. The number of hydrogen-bond acceptors (Lipinski definition) is 1. The van der Waals surface area contributed by atoms with Crippen LogP contribution in [0.2, 0.25) is 0 Å². The minimum atomic E-state index is -4.37. The molecule has 0 bridgehead atoms. The predicted molar refractivity (Wildman–Crippen MR) is 60.8 cm³/mol. The highest BCUT2D eigenvalue weighted by molar-refractivity contribution is 5.36. The number of alkyl halides is 3. The van der Waals surface area contributed by atoms with E-state index in [4.69, 9.17) is 5.73 Å². The van der Waals surface area contributed by atoms with E-state index in [1.165, 1.54) is 11.1 Å². The molecule has 0 saturated heterocycles. The summed E-state index contributed by atoms with van der Waals surface area (Å²) in [5, 5.41) is 0. The molecule has 0 saturated carbocycles. The molecule has 0 aliphatic heterocycles. The van der Waals surface area contributed by atoms with E-state index in [1.807, 2.05) is 12.1 Å². The zero-order valence-corrected chi connectivity index (χ0v) is 9.77. The molecule has 0 heterocycles. The zero-order chi connectivity index (χ0) is 12.7. The van der Waals surface area contributed by atoms with E-state index in [1.54, 1.807) is 6.07 Å². The summed E-state index contributed by atoms with van der Waals surface area (Å²) in [6.45, 7) is 1.04. The molecule has 1 aliphatic rings. The van der Waals surface area contributed by atoms with Gasteiger partial charge in [-0.25, -0.2) is 0 Å². The number of nitrogens with two attached hydrogens (primary N) is 1. The topological polar surface area (TPSA) is 26.0 Å². The fourth-order valence-corrected chi connectivity index (χ4v) is 2.26. The van der Waals surface area contributed by atoms with E-state index in [9.17, 15) is 13.2 Å². The minimum Gasteiger partial charge on any atom is -0.318 e. The zero-order valence-electron chi connectivity index (χ0n) is 9.77. The minimum absolute atomic E-state index is 0.163. The second-order valence-corrected chi connectivity index (χ2v) is 5.05. The predicted octanol–water partition coefficient (Wildman–Crippen LogP) is 3.00. The standard InChI is InChI=1S/C13H16F3N/c1-12(17,13(14,15)16)8-9-5-6-10-3-2-4-11(10)7-9/h5-7H,2-4,8,17H2,1H3. The van der Waals surface area contributed by atoms with Crippen LogP contribution in [0.5, 0.6) is 0 Å². The quantitative estimate of drug-likeness (QED) is 0.849. The second kappa shape index (κ2) is 4.02. The summed E-state index contributed by atoms with van der Waals surface area (Å²) in [6.07, 6.45) is -1.43. The van der Waals surface area contributed by atoms with E-state index < -0.39 is 11.7 Å². The van der Waals surface area contributed by atoms with Crippen molar-refractivity contribution >= 4 is 0 Å². The number of benzene rings is 1. The number of rotatable bonds is 2. The molecule has 0 amide bonds. The van der Waals surface area contributed by atoms with Crippen molar-refractivity contribution < 1.29 is 13.2 Å². The van der Waals surface area contributed by atoms with Gasteiger partial charge < -0.3 is 5.73 Å². The van der Waals surface area contributed by atoms with Crippen LogP contribution < -0.4 is 5.73 Å². The molecule has 1 nitrogen and oxygen atoms in total. The summed E-state index contributed by atoms with van der Waals surface area (Å²) < 4.78 is 38.0. The molecule has 0 aromatic heterocycles. The van der Waals surface area contributed by atoms with Crippen molar-refractivity contribution in [2.24, 2.45) is 5.73 Å². The van der Waals surface area contributed by atoms with E-state index >= 15 is 0 Å². The third-order valence-corrected chi connectivity index (χ3v) is 3.38. The van der Waals surface area contributed by atoms with Crippen molar-refractivity contribution in [2.75, 3.05) is 0 Å². The van der Waals surface area contributed by atoms with Gasteiger partial charge in [0.25, 0.3) is 0 Å². The van der Waals surface area contributed by atoms with E-state index in [0.717, 1.165) is 26.2 Å². The number of aryl methyl sites for hydroxylation is 2. The Bertz CT molecular complexity index is 421. The molecular weight excluding hydrogens is 227 g/mol. The third kappa shape index (κ3) is 2.46. The number of hydrogen-bond donors (Lipinski definition) is 1. The van der Waals surface area contributed by atoms with Crippen LogP contribution in [0.25, 0.3) is 0 Å². The van der Waals surface area contributed by atoms with Gasteiger partial charge in [0.1, 0.15) is 5.54 Å². The molecule has 4 heteroatoms. The number of fused-ring (bicyclic) bond motifs is 1. The Morgan fingerprint density at radius 3 is 2.47 bits per heavy atom. The molecule has 1 aromatic rings. The molecular formula is C13H16F3N. The molecule has 0 radical (unpaired) electrons. The molecule has 17 heavy (non-hydrogen) atoms.